The molecule has 0 spiro atoms. The van der Waals surface area contributed by atoms with Gasteiger partial charge in [0.2, 0.25) is 5.91 Å². The predicted molar refractivity (Wildman–Crippen MR) is 84.0 cm³/mol. The van der Waals surface area contributed by atoms with E-state index in [0.717, 1.165) is 4.57 Å². The Bertz CT molecular complexity index is 1090. The van der Waals surface area contributed by atoms with Gasteiger partial charge in [-0.05, 0) is 12.1 Å². The zero-order chi connectivity index (χ0) is 18.5. The van der Waals surface area contributed by atoms with Gasteiger partial charge in [0.25, 0.3) is 5.56 Å². The number of rotatable bonds is 3. The molecule has 1 aliphatic rings. The van der Waals surface area contributed by atoms with Crippen molar-refractivity contribution in [2.75, 3.05) is 5.32 Å². The molecule has 3 heterocycles. The minimum atomic E-state index is -3.73. The quantitative estimate of drug-likeness (QED) is 0.748. The third-order valence-corrected chi connectivity index (χ3v) is 3.72. The fourth-order valence-corrected chi connectivity index (χ4v) is 2.56. The monoisotopic (exact) mass is 363 g/mol. The lowest BCUT2D eigenvalue weighted by Crippen LogP contribution is -2.27. The number of aryl methyl sites for hydroxylation is 1. The Kier molecular flexibility index (Phi) is 3.39. The summed E-state index contributed by atoms with van der Waals surface area (Å²) in [6.07, 6.45) is -1.12. The molecule has 11 heteroatoms. The topological polar surface area (TPSA) is 100 Å². The fraction of sp³-hybridized carbons (Fsp3) is 0.200. The molecule has 0 bridgehead atoms. The van der Waals surface area contributed by atoms with Gasteiger partial charge in [0.1, 0.15) is 18.3 Å². The number of ether oxygens (including phenoxy) is 2. The molecule has 0 fully saturated rings. The van der Waals surface area contributed by atoms with Crippen molar-refractivity contribution < 1.29 is 23.0 Å². The molecule has 26 heavy (non-hydrogen) atoms. The van der Waals surface area contributed by atoms with Crippen molar-refractivity contribution in [1.29, 1.82) is 0 Å². The van der Waals surface area contributed by atoms with Gasteiger partial charge in [-0.3, -0.25) is 18.8 Å². The summed E-state index contributed by atoms with van der Waals surface area (Å²) in [7, 11) is 1.65. The van der Waals surface area contributed by atoms with E-state index in [9.17, 15) is 18.4 Å². The zero-order valence-electron chi connectivity index (χ0n) is 13.3. The van der Waals surface area contributed by atoms with E-state index in [0.29, 0.717) is 5.65 Å². The van der Waals surface area contributed by atoms with E-state index in [1.54, 1.807) is 7.05 Å². The first-order chi connectivity index (χ1) is 12.3. The van der Waals surface area contributed by atoms with Gasteiger partial charge >= 0.3 is 6.29 Å². The summed E-state index contributed by atoms with van der Waals surface area (Å²) in [5.74, 6) is -0.860. The van der Waals surface area contributed by atoms with Gasteiger partial charge < -0.3 is 14.8 Å². The van der Waals surface area contributed by atoms with Gasteiger partial charge in [-0.25, -0.2) is 4.98 Å². The number of hydrogen-bond acceptors (Lipinski definition) is 6. The molecule has 9 nitrogen and oxygen atoms in total. The van der Waals surface area contributed by atoms with Crippen LogP contribution >= 0.6 is 0 Å². The maximum atomic E-state index is 13.0. The van der Waals surface area contributed by atoms with Crippen LogP contribution in [-0.4, -0.2) is 31.5 Å². The van der Waals surface area contributed by atoms with Crippen molar-refractivity contribution in [3.05, 3.63) is 41.1 Å². The number of nitrogens with zero attached hydrogens (tertiary/aromatic N) is 4. The average molecular weight is 363 g/mol. The van der Waals surface area contributed by atoms with Crippen molar-refractivity contribution in [3.8, 4) is 11.5 Å². The number of amides is 1. The summed E-state index contributed by atoms with van der Waals surface area (Å²) in [6.45, 7) is -0.304. The molecule has 1 aromatic carbocycles. The third-order valence-electron chi connectivity index (χ3n) is 3.72. The molecule has 1 aliphatic heterocycles. The van der Waals surface area contributed by atoms with E-state index < -0.39 is 17.8 Å². The number of nitrogens with one attached hydrogen (secondary N) is 1. The normalized spacial score (nSPS) is 14.6. The van der Waals surface area contributed by atoms with Crippen LogP contribution in [0.2, 0.25) is 0 Å². The van der Waals surface area contributed by atoms with E-state index >= 15 is 0 Å². The van der Waals surface area contributed by atoms with Gasteiger partial charge in [-0.15, -0.1) is 8.78 Å². The summed E-state index contributed by atoms with van der Waals surface area (Å²) < 4.78 is 37.2. The molecule has 1 amide bonds. The van der Waals surface area contributed by atoms with Crippen LogP contribution < -0.4 is 20.3 Å². The molecule has 3 aromatic rings. The Labute approximate surface area is 143 Å². The molecule has 0 radical (unpaired) electrons. The maximum Gasteiger partial charge on any atom is 0.586 e. The lowest BCUT2D eigenvalue weighted by Gasteiger charge is -2.08. The molecule has 0 unspecified atom stereocenters. The first-order valence-electron chi connectivity index (χ1n) is 7.39. The Morgan fingerprint density at radius 1 is 1.31 bits per heavy atom. The van der Waals surface area contributed by atoms with E-state index in [1.807, 2.05) is 0 Å². The van der Waals surface area contributed by atoms with E-state index in [2.05, 4.69) is 24.9 Å². The maximum absolute atomic E-state index is 13.0. The van der Waals surface area contributed by atoms with Crippen LogP contribution in [-0.2, 0) is 18.4 Å². The summed E-state index contributed by atoms with van der Waals surface area (Å²) in [6, 6.07) is 3.84. The Morgan fingerprint density at radius 2 is 2.08 bits per heavy atom. The van der Waals surface area contributed by atoms with Crippen LogP contribution in [0.4, 0.5) is 14.5 Å². The van der Waals surface area contributed by atoms with Crippen molar-refractivity contribution in [2.45, 2.75) is 12.8 Å². The third kappa shape index (κ3) is 2.72. The second kappa shape index (κ2) is 5.51. The summed E-state index contributed by atoms with van der Waals surface area (Å²) in [5, 5.41) is 6.73. The van der Waals surface area contributed by atoms with Gasteiger partial charge in [0.15, 0.2) is 17.1 Å². The summed E-state index contributed by atoms with van der Waals surface area (Å²) in [4.78, 5) is 28.6. The smallest absolute Gasteiger partial charge is 0.395 e. The van der Waals surface area contributed by atoms with Crippen LogP contribution in [0.25, 0.3) is 11.0 Å². The van der Waals surface area contributed by atoms with Gasteiger partial charge in [-0.2, -0.15) is 5.10 Å². The number of hydrogen-bond donors (Lipinski definition) is 1. The van der Waals surface area contributed by atoms with Gasteiger partial charge in [0.05, 0.1) is 6.20 Å². The number of carbonyl (C=O) groups excluding carboxylic acids is 1. The SMILES string of the molecule is Cn1ncc2c(=O)n(CC(=O)Nc3ccc4c(c3)OC(F)(F)O4)cnc21. The number of benzene rings is 1. The number of fused-ring (bicyclic) bond motifs is 2. The highest BCUT2D eigenvalue weighted by molar-refractivity contribution is 5.91. The van der Waals surface area contributed by atoms with Crippen LogP contribution in [0.3, 0.4) is 0 Å². The van der Waals surface area contributed by atoms with E-state index in [-0.39, 0.29) is 29.1 Å². The molecule has 0 saturated carbocycles. The predicted octanol–water partition coefficient (Wildman–Crippen LogP) is 1.09. The Balaban J connectivity index is 1.52. The number of carbonyl (C=O) groups is 1. The number of aromatic nitrogens is 4. The van der Waals surface area contributed by atoms with E-state index in [1.165, 1.54) is 35.4 Å². The minimum Gasteiger partial charge on any atom is -0.395 e. The van der Waals surface area contributed by atoms with Crippen molar-refractivity contribution in [2.24, 2.45) is 7.05 Å². The second-order valence-electron chi connectivity index (χ2n) is 5.56. The fourth-order valence-electron chi connectivity index (χ4n) is 2.56. The van der Waals surface area contributed by atoms with Crippen molar-refractivity contribution >= 4 is 22.6 Å². The largest absolute Gasteiger partial charge is 0.586 e. The minimum absolute atomic E-state index is 0.129. The van der Waals surface area contributed by atoms with Crippen LogP contribution in [0, 0.1) is 0 Å². The Morgan fingerprint density at radius 3 is 2.88 bits per heavy atom. The first-order valence-corrected chi connectivity index (χ1v) is 7.39. The number of anilines is 1. The zero-order valence-corrected chi connectivity index (χ0v) is 13.3. The molecular weight excluding hydrogens is 352 g/mol. The average Bonchev–Trinajstić information content (AvgIpc) is 3.08. The van der Waals surface area contributed by atoms with Crippen LogP contribution in [0.5, 0.6) is 11.5 Å². The molecule has 134 valence electrons. The molecule has 0 aliphatic carbocycles. The lowest BCUT2D eigenvalue weighted by atomic mass is 10.3. The second-order valence-corrected chi connectivity index (χ2v) is 5.56. The van der Waals surface area contributed by atoms with Crippen LogP contribution in [0.15, 0.2) is 35.5 Å². The highest BCUT2D eigenvalue weighted by Crippen LogP contribution is 2.42. The standard InChI is InChI=1S/C15H11F2N5O4/c1-21-13-9(5-19-21)14(24)22(7-18-13)6-12(23)20-8-2-3-10-11(4-8)26-15(16,17)25-10/h2-5,7H,6H2,1H3,(H,20,23). The van der Waals surface area contributed by atoms with Crippen LogP contribution in [0.1, 0.15) is 0 Å². The van der Waals surface area contributed by atoms with Crippen molar-refractivity contribution in [3.63, 3.8) is 0 Å². The van der Waals surface area contributed by atoms with Gasteiger partial charge in [-0.1, -0.05) is 0 Å². The van der Waals surface area contributed by atoms with E-state index in [4.69, 9.17) is 0 Å². The molecule has 2 aromatic heterocycles. The molecule has 0 atom stereocenters. The molecule has 1 N–H and O–H groups in total. The van der Waals surface area contributed by atoms with Gasteiger partial charge in [0, 0.05) is 18.8 Å². The highest BCUT2D eigenvalue weighted by atomic mass is 19.3. The van der Waals surface area contributed by atoms with Crippen molar-refractivity contribution in [1.82, 2.24) is 19.3 Å². The first kappa shape index (κ1) is 16.0. The molecule has 4 rings (SSSR count). The highest BCUT2D eigenvalue weighted by Gasteiger charge is 2.43. The summed E-state index contributed by atoms with van der Waals surface area (Å²) in [5.41, 5.74) is 0.213. The lowest BCUT2D eigenvalue weighted by molar-refractivity contribution is -0.286. The number of alkyl halides is 2. The Hall–Kier alpha value is -3.50. The molecule has 0 saturated heterocycles. The molecular formula is C15H11F2N5O4. The summed E-state index contributed by atoms with van der Waals surface area (Å²) >= 11 is 0. The number of halogens is 2.